The molecular formula is C16H30N2S. The molecule has 3 heteroatoms. The van der Waals surface area contributed by atoms with Crippen LogP contribution in [0.25, 0.3) is 0 Å². The molecule has 1 heterocycles. The van der Waals surface area contributed by atoms with E-state index in [1.165, 1.54) is 54.1 Å². The van der Waals surface area contributed by atoms with Crippen molar-refractivity contribution >= 4 is 11.3 Å². The van der Waals surface area contributed by atoms with Gasteiger partial charge in [-0.2, -0.15) is 0 Å². The van der Waals surface area contributed by atoms with Gasteiger partial charge in [0.1, 0.15) is 0 Å². The van der Waals surface area contributed by atoms with Gasteiger partial charge in [0.25, 0.3) is 0 Å². The van der Waals surface area contributed by atoms with Gasteiger partial charge in [-0.15, -0.1) is 11.3 Å². The van der Waals surface area contributed by atoms with Crippen molar-refractivity contribution in [2.45, 2.75) is 59.5 Å². The van der Waals surface area contributed by atoms with Gasteiger partial charge in [0.05, 0.1) is 0 Å². The Morgan fingerprint density at radius 3 is 2.32 bits per heavy atom. The van der Waals surface area contributed by atoms with Gasteiger partial charge in [-0.1, -0.05) is 26.7 Å². The van der Waals surface area contributed by atoms with E-state index in [1.54, 1.807) is 0 Å². The van der Waals surface area contributed by atoms with Crippen LogP contribution >= 0.6 is 11.3 Å². The van der Waals surface area contributed by atoms with E-state index in [0.717, 1.165) is 13.1 Å². The molecule has 2 nitrogen and oxygen atoms in total. The van der Waals surface area contributed by atoms with E-state index in [4.69, 9.17) is 0 Å². The van der Waals surface area contributed by atoms with Crippen LogP contribution in [-0.2, 0) is 13.1 Å². The number of rotatable bonds is 10. The Bertz CT molecular complexity index is 339. The van der Waals surface area contributed by atoms with Crippen molar-refractivity contribution in [1.82, 2.24) is 10.2 Å². The predicted octanol–water partition coefficient (Wildman–Crippen LogP) is 4.18. The highest BCUT2D eigenvalue weighted by molar-refractivity contribution is 7.12. The first kappa shape index (κ1) is 16.7. The molecule has 110 valence electrons. The van der Waals surface area contributed by atoms with E-state index in [0.29, 0.717) is 0 Å². The van der Waals surface area contributed by atoms with Crippen LogP contribution in [0.5, 0.6) is 0 Å². The summed E-state index contributed by atoms with van der Waals surface area (Å²) in [4.78, 5) is 5.58. The monoisotopic (exact) mass is 282 g/mol. The largest absolute Gasteiger partial charge is 0.315 e. The standard InChI is InChI=1S/C16H30N2S/c1-5-7-9-18(10-8-6-2)13-15-11-16(12-17-4)19-14(15)3/h11,17H,5-10,12-13H2,1-4H3. The maximum atomic E-state index is 3.24. The minimum absolute atomic E-state index is 0.995. The van der Waals surface area contributed by atoms with Gasteiger partial charge in [0.15, 0.2) is 0 Å². The van der Waals surface area contributed by atoms with Gasteiger partial charge in [-0.05, 0) is 51.5 Å². The third-order valence-corrected chi connectivity index (χ3v) is 4.57. The van der Waals surface area contributed by atoms with E-state index < -0.39 is 0 Å². The molecule has 0 aliphatic heterocycles. The molecule has 1 rings (SSSR count). The van der Waals surface area contributed by atoms with Crippen LogP contribution in [0.1, 0.15) is 54.8 Å². The highest BCUT2D eigenvalue weighted by Crippen LogP contribution is 2.23. The maximum absolute atomic E-state index is 3.24. The Morgan fingerprint density at radius 2 is 1.79 bits per heavy atom. The Hall–Kier alpha value is -0.380. The number of aryl methyl sites for hydroxylation is 1. The topological polar surface area (TPSA) is 15.3 Å². The van der Waals surface area contributed by atoms with Gasteiger partial charge in [0, 0.05) is 22.8 Å². The molecule has 19 heavy (non-hydrogen) atoms. The van der Waals surface area contributed by atoms with Crippen molar-refractivity contribution < 1.29 is 0 Å². The Balaban J connectivity index is 2.60. The minimum atomic E-state index is 0.995. The van der Waals surface area contributed by atoms with Crippen LogP contribution in [0, 0.1) is 6.92 Å². The Kier molecular flexibility index (Phi) is 8.35. The number of nitrogens with zero attached hydrogens (tertiary/aromatic N) is 1. The zero-order chi connectivity index (χ0) is 14.1. The SMILES string of the molecule is CCCCN(CCCC)Cc1cc(CNC)sc1C. The van der Waals surface area contributed by atoms with E-state index in [2.05, 4.69) is 37.1 Å². The van der Waals surface area contributed by atoms with Crippen LogP contribution in [0.2, 0.25) is 0 Å². The number of nitrogens with one attached hydrogen (secondary N) is 1. The third kappa shape index (κ3) is 6.07. The van der Waals surface area contributed by atoms with Crippen LogP contribution in [0.3, 0.4) is 0 Å². The first-order chi connectivity index (χ1) is 9.21. The van der Waals surface area contributed by atoms with Gasteiger partial charge < -0.3 is 5.32 Å². The lowest BCUT2D eigenvalue weighted by molar-refractivity contribution is 0.257. The quantitative estimate of drug-likeness (QED) is 0.692. The molecule has 0 bridgehead atoms. The lowest BCUT2D eigenvalue weighted by Gasteiger charge is -2.21. The predicted molar refractivity (Wildman–Crippen MR) is 86.9 cm³/mol. The second-order valence-electron chi connectivity index (χ2n) is 5.31. The van der Waals surface area contributed by atoms with Gasteiger partial charge in [-0.25, -0.2) is 0 Å². The fourth-order valence-electron chi connectivity index (χ4n) is 2.28. The molecule has 0 aliphatic carbocycles. The summed E-state index contributed by atoms with van der Waals surface area (Å²) in [6, 6.07) is 2.39. The van der Waals surface area contributed by atoms with E-state index >= 15 is 0 Å². The summed E-state index contributed by atoms with van der Waals surface area (Å²) in [5.41, 5.74) is 1.53. The fraction of sp³-hybridized carbons (Fsp3) is 0.750. The van der Waals surface area contributed by atoms with Gasteiger partial charge in [-0.3, -0.25) is 4.90 Å². The summed E-state index contributed by atoms with van der Waals surface area (Å²) in [5.74, 6) is 0. The summed E-state index contributed by atoms with van der Waals surface area (Å²) in [5, 5.41) is 3.24. The second-order valence-corrected chi connectivity index (χ2v) is 6.65. The Morgan fingerprint density at radius 1 is 1.16 bits per heavy atom. The molecule has 1 aromatic heterocycles. The van der Waals surface area contributed by atoms with E-state index in [-0.39, 0.29) is 0 Å². The molecule has 0 atom stereocenters. The highest BCUT2D eigenvalue weighted by Gasteiger charge is 2.10. The summed E-state index contributed by atoms with van der Waals surface area (Å²) >= 11 is 1.94. The molecule has 0 spiro atoms. The molecule has 0 fully saturated rings. The number of unbranched alkanes of at least 4 members (excludes halogenated alkanes) is 2. The average molecular weight is 282 g/mol. The summed E-state index contributed by atoms with van der Waals surface area (Å²) < 4.78 is 0. The van der Waals surface area contributed by atoms with Crippen molar-refractivity contribution in [3.05, 3.63) is 21.4 Å². The zero-order valence-corrected chi connectivity index (χ0v) is 13.9. The average Bonchev–Trinajstić information content (AvgIpc) is 2.73. The van der Waals surface area contributed by atoms with Crippen molar-refractivity contribution in [3.8, 4) is 0 Å². The number of hydrogen-bond acceptors (Lipinski definition) is 3. The number of thiophene rings is 1. The van der Waals surface area contributed by atoms with Crippen LogP contribution in [0.4, 0.5) is 0 Å². The summed E-state index contributed by atoms with van der Waals surface area (Å²) in [6.45, 7) is 11.4. The highest BCUT2D eigenvalue weighted by atomic mass is 32.1. The van der Waals surface area contributed by atoms with Crippen molar-refractivity contribution in [3.63, 3.8) is 0 Å². The van der Waals surface area contributed by atoms with E-state index in [1.807, 2.05) is 18.4 Å². The molecule has 1 N–H and O–H groups in total. The smallest absolute Gasteiger partial charge is 0.0296 e. The van der Waals surface area contributed by atoms with E-state index in [9.17, 15) is 0 Å². The molecule has 0 saturated carbocycles. The first-order valence-electron chi connectivity index (χ1n) is 7.66. The first-order valence-corrected chi connectivity index (χ1v) is 8.48. The third-order valence-electron chi connectivity index (χ3n) is 3.47. The molecule has 1 aromatic rings. The summed E-state index contributed by atoms with van der Waals surface area (Å²) in [7, 11) is 2.02. The van der Waals surface area contributed by atoms with Gasteiger partial charge in [0.2, 0.25) is 0 Å². The molecule has 0 amide bonds. The van der Waals surface area contributed by atoms with Crippen LogP contribution < -0.4 is 5.32 Å². The molecule has 0 aliphatic rings. The number of hydrogen-bond donors (Lipinski definition) is 1. The van der Waals surface area contributed by atoms with Gasteiger partial charge >= 0.3 is 0 Å². The lowest BCUT2D eigenvalue weighted by atomic mass is 10.2. The summed E-state index contributed by atoms with van der Waals surface area (Å²) in [6.07, 6.45) is 5.21. The molecule has 0 saturated heterocycles. The molecule has 0 aromatic carbocycles. The van der Waals surface area contributed by atoms with Crippen molar-refractivity contribution in [1.29, 1.82) is 0 Å². The fourth-order valence-corrected chi connectivity index (χ4v) is 3.35. The van der Waals surface area contributed by atoms with Crippen molar-refractivity contribution in [2.75, 3.05) is 20.1 Å². The maximum Gasteiger partial charge on any atom is 0.0296 e. The zero-order valence-electron chi connectivity index (χ0n) is 13.1. The lowest BCUT2D eigenvalue weighted by Crippen LogP contribution is -2.25. The van der Waals surface area contributed by atoms with Crippen molar-refractivity contribution in [2.24, 2.45) is 0 Å². The minimum Gasteiger partial charge on any atom is -0.315 e. The second kappa shape index (κ2) is 9.51. The molecule has 0 radical (unpaired) electrons. The Labute approximate surface area is 123 Å². The normalized spacial score (nSPS) is 11.4. The molecular weight excluding hydrogens is 252 g/mol. The van der Waals surface area contributed by atoms with Crippen LogP contribution in [-0.4, -0.2) is 25.0 Å². The molecule has 0 unspecified atom stereocenters. The van der Waals surface area contributed by atoms with Crippen LogP contribution in [0.15, 0.2) is 6.07 Å².